The van der Waals surface area contributed by atoms with Gasteiger partial charge in [-0.05, 0) is 39.9 Å². The van der Waals surface area contributed by atoms with Gasteiger partial charge in [-0.3, -0.25) is 0 Å². The number of nitrogens with zero attached hydrogens (tertiary/aromatic N) is 2. The van der Waals surface area contributed by atoms with Crippen LogP contribution in [0, 0.1) is 0 Å². The van der Waals surface area contributed by atoms with Gasteiger partial charge in [-0.1, -0.05) is 127 Å². The molecule has 1 aromatic heterocycles. The number of aromatic nitrogens is 2. The van der Waals surface area contributed by atoms with E-state index in [1.807, 2.05) is 30.5 Å². The van der Waals surface area contributed by atoms with Gasteiger partial charge in [-0.15, -0.1) is 0 Å². The fourth-order valence-corrected chi connectivity index (χ4v) is 4.71. The van der Waals surface area contributed by atoms with Gasteiger partial charge in [0.1, 0.15) is 0 Å². The highest BCUT2D eigenvalue weighted by Crippen LogP contribution is 2.44. The predicted molar refractivity (Wildman–Crippen MR) is 149 cm³/mol. The van der Waals surface area contributed by atoms with Crippen LogP contribution < -0.4 is 0 Å². The summed E-state index contributed by atoms with van der Waals surface area (Å²) < 4.78 is 0. The average Bonchev–Trinajstić information content (AvgIpc) is 2.98. The Kier molecular flexibility index (Phi) is 5.91. The van der Waals surface area contributed by atoms with Gasteiger partial charge >= 0.3 is 0 Å². The van der Waals surface area contributed by atoms with Gasteiger partial charge in [0, 0.05) is 22.9 Å². The molecule has 36 heavy (non-hydrogen) atoms. The summed E-state index contributed by atoms with van der Waals surface area (Å²) >= 11 is 0. The van der Waals surface area contributed by atoms with Gasteiger partial charge in [-0.25, -0.2) is 9.97 Å². The second-order valence-electron chi connectivity index (χ2n) is 8.64. The zero-order valence-corrected chi connectivity index (χ0v) is 19.8. The molecular formula is C34H24N2. The van der Waals surface area contributed by atoms with Crippen molar-refractivity contribution in [3.05, 3.63) is 146 Å². The van der Waals surface area contributed by atoms with E-state index >= 15 is 0 Å². The summed E-state index contributed by atoms with van der Waals surface area (Å²) in [5.74, 6) is 0.715. The van der Waals surface area contributed by atoms with E-state index in [0.29, 0.717) is 5.82 Å². The molecule has 0 bridgehead atoms. The summed E-state index contributed by atoms with van der Waals surface area (Å²) in [5.41, 5.74) is 9.97. The molecule has 0 spiro atoms. The van der Waals surface area contributed by atoms with E-state index in [2.05, 4.69) is 115 Å². The van der Waals surface area contributed by atoms with Gasteiger partial charge in [0.15, 0.2) is 5.82 Å². The molecule has 0 fully saturated rings. The Morgan fingerprint density at radius 2 is 0.806 bits per heavy atom. The van der Waals surface area contributed by atoms with E-state index in [4.69, 9.17) is 9.97 Å². The smallest absolute Gasteiger partial charge is 0.160 e. The van der Waals surface area contributed by atoms with Gasteiger partial charge < -0.3 is 0 Å². The molecule has 0 aliphatic rings. The second-order valence-corrected chi connectivity index (χ2v) is 8.64. The zero-order chi connectivity index (χ0) is 24.2. The molecule has 0 saturated heterocycles. The maximum absolute atomic E-state index is 5.03. The van der Waals surface area contributed by atoms with Crippen LogP contribution >= 0.6 is 0 Å². The number of hydrogen-bond donors (Lipinski definition) is 0. The fraction of sp³-hybridized carbons (Fsp3) is 0. The summed E-state index contributed by atoms with van der Waals surface area (Å²) in [4.78, 5) is 9.77. The Bertz CT molecular complexity index is 1590. The molecular weight excluding hydrogens is 436 g/mol. The van der Waals surface area contributed by atoms with Crippen molar-refractivity contribution < 1.29 is 0 Å². The van der Waals surface area contributed by atoms with Crippen molar-refractivity contribution in [1.29, 1.82) is 0 Å². The summed E-state index contributed by atoms with van der Waals surface area (Å²) in [6, 6.07) is 48.4. The third-order valence-electron chi connectivity index (χ3n) is 6.38. The standard InChI is InChI=1S/C34H24N2/c1-5-13-25(14-6-1)29-21-22-30(34-35-24-23-31(36-34)26-15-7-2-8-16-26)33(28-19-11-4-12-20-28)32(29)27-17-9-3-10-18-27/h1-24H. The molecule has 0 aliphatic heterocycles. The fourth-order valence-electron chi connectivity index (χ4n) is 4.71. The molecule has 6 rings (SSSR count). The van der Waals surface area contributed by atoms with E-state index in [-0.39, 0.29) is 0 Å². The summed E-state index contributed by atoms with van der Waals surface area (Å²) in [6.45, 7) is 0. The quantitative estimate of drug-likeness (QED) is 0.257. The van der Waals surface area contributed by atoms with Crippen molar-refractivity contribution in [1.82, 2.24) is 9.97 Å². The Balaban J connectivity index is 1.67. The highest BCUT2D eigenvalue weighted by atomic mass is 14.9. The van der Waals surface area contributed by atoms with Crippen LogP contribution in [0.2, 0.25) is 0 Å². The highest BCUT2D eigenvalue weighted by molar-refractivity contribution is 6.00. The van der Waals surface area contributed by atoms with Crippen LogP contribution in [0.3, 0.4) is 0 Å². The lowest BCUT2D eigenvalue weighted by Gasteiger charge is -2.20. The third-order valence-corrected chi connectivity index (χ3v) is 6.38. The minimum absolute atomic E-state index is 0.715. The highest BCUT2D eigenvalue weighted by Gasteiger charge is 2.20. The molecule has 0 unspecified atom stereocenters. The van der Waals surface area contributed by atoms with E-state index < -0.39 is 0 Å². The lowest BCUT2D eigenvalue weighted by Crippen LogP contribution is -1.98. The average molecular weight is 461 g/mol. The minimum atomic E-state index is 0.715. The topological polar surface area (TPSA) is 25.8 Å². The van der Waals surface area contributed by atoms with Crippen molar-refractivity contribution >= 4 is 0 Å². The van der Waals surface area contributed by atoms with Gasteiger partial charge in [0.25, 0.3) is 0 Å². The molecule has 1 heterocycles. The zero-order valence-electron chi connectivity index (χ0n) is 19.8. The summed E-state index contributed by atoms with van der Waals surface area (Å²) in [6.07, 6.45) is 1.85. The van der Waals surface area contributed by atoms with Crippen molar-refractivity contribution in [3.8, 4) is 56.0 Å². The van der Waals surface area contributed by atoms with E-state index in [1.165, 1.54) is 16.7 Å². The first-order valence-corrected chi connectivity index (χ1v) is 12.1. The maximum atomic E-state index is 5.03. The van der Waals surface area contributed by atoms with Gasteiger partial charge in [-0.2, -0.15) is 0 Å². The van der Waals surface area contributed by atoms with Crippen LogP contribution in [0.5, 0.6) is 0 Å². The number of benzene rings is 5. The van der Waals surface area contributed by atoms with Crippen molar-refractivity contribution in [3.63, 3.8) is 0 Å². The Morgan fingerprint density at radius 1 is 0.361 bits per heavy atom. The van der Waals surface area contributed by atoms with Crippen molar-refractivity contribution in [2.45, 2.75) is 0 Å². The molecule has 0 amide bonds. The molecule has 170 valence electrons. The molecule has 0 radical (unpaired) electrons. The van der Waals surface area contributed by atoms with Crippen LogP contribution in [-0.2, 0) is 0 Å². The third kappa shape index (κ3) is 4.21. The lowest BCUT2D eigenvalue weighted by atomic mass is 9.84. The van der Waals surface area contributed by atoms with Crippen LogP contribution in [0.4, 0.5) is 0 Å². The van der Waals surface area contributed by atoms with Gasteiger partial charge in [0.05, 0.1) is 5.69 Å². The monoisotopic (exact) mass is 460 g/mol. The predicted octanol–water partition coefficient (Wildman–Crippen LogP) is 8.81. The first kappa shape index (κ1) is 21.7. The molecule has 0 atom stereocenters. The van der Waals surface area contributed by atoms with Crippen LogP contribution in [0.15, 0.2) is 146 Å². The van der Waals surface area contributed by atoms with Crippen LogP contribution in [0.25, 0.3) is 56.0 Å². The maximum Gasteiger partial charge on any atom is 0.160 e. The number of hydrogen-bond acceptors (Lipinski definition) is 2. The molecule has 0 saturated carbocycles. The molecule has 6 aromatic rings. The van der Waals surface area contributed by atoms with E-state index in [1.54, 1.807) is 0 Å². The van der Waals surface area contributed by atoms with Gasteiger partial charge in [0.2, 0.25) is 0 Å². The summed E-state index contributed by atoms with van der Waals surface area (Å²) in [5, 5.41) is 0. The number of rotatable bonds is 5. The Morgan fingerprint density at radius 3 is 1.36 bits per heavy atom. The first-order chi connectivity index (χ1) is 17.9. The van der Waals surface area contributed by atoms with Crippen molar-refractivity contribution in [2.24, 2.45) is 0 Å². The largest absolute Gasteiger partial charge is 0.237 e. The Hall–Kier alpha value is -4.82. The minimum Gasteiger partial charge on any atom is -0.237 e. The lowest BCUT2D eigenvalue weighted by molar-refractivity contribution is 1.18. The molecule has 5 aromatic carbocycles. The van der Waals surface area contributed by atoms with Crippen LogP contribution in [0.1, 0.15) is 0 Å². The molecule has 0 N–H and O–H groups in total. The molecule has 2 heteroatoms. The van der Waals surface area contributed by atoms with Crippen molar-refractivity contribution in [2.75, 3.05) is 0 Å². The summed E-state index contributed by atoms with van der Waals surface area (Å²) in [7, 11) is 0. The van der Waals surface area contributed by atoms with E-state index in [0.717, 1.165) is 33.5 Å². The second kappa shape index (κ2) is 9.81. The van der Waals surface area contributed by atoms with E-state index in [9.17, 15) is 0 Å². The van der Waals surface area contributed by atoms with Crippen LogP contribution in [-0.4, -0.2) is 9.97 Å². The Labute approximate surface area is 211 Å². The molecule has 0 aliphatic carbocycles. The normalized spacial score (nSPS) is 10.8. The first-order valence-electron chi connectivity index (χ1n) is 12.1. The molecule has 2 nitrogen and oxygen atoms in total. The SMILES string of the molecule is c1ccc(-c2ccnc(-c3ccc(-c4ccccc4)c(-c4ccccc4)c3-c3ccccc3)n2)cc1.